The van der Waals surface area contributed by atoms with Crippen LogP contribution in [0, 0.1) is 0 Å². The van der Waals surface area contributed by atoms with Crippen LogP contribution in [0.25, 0.3) is 0 Å². The number of nitrogens with one attached hydrogen (secondary N) is 1. The van der Waals surface area contributed by atoms with Gasteiger partial charge in [-0.15, -0.1) is 0 Å². The summed E-state index contributed by atoms with van der Waals surface area (Å²) in [6, 6.07) is 6.69. The molecular weight excluding hydrogens is 260 g/mol. The van der Waals surface area contributed by atoms with Crippen LogP contribution in [-0.4, -0.2) is 49.1 Å². The van der Waals surface area contributed by atoms with E-state index in [1.165, 1.54) is 0 Å². The summed E-state index contributed by atoms with van der Waals surface area (Å²) in [6.45, 7) is 2.20. The Morgan fingerprint density at radius 1 is 1.45 bits per heavy atom. The number of carbonyl (C=O) groups excluding carboxylic acids is 1. The lowest BCUT2D eigenvalue weighted by atomic mass is 10.1. The number of methoxy groups -OCH3 is 1. The average Bonchev–Trinajstić information content (AvgIpc) is 2.45. The first kappa shape index (κ1) is 16.0. The third kappa shape index (κ3) is 4.24. The molecule has 0 aliphatic carbocycles. The SMILES string of the molecule is COc1ccc(C(C)N(C)CC(NC=O)C(=O)O)cc1. The van der Waals surface area contributed by atoms with Crippen LogP contribution in [0.3, 0.4) is 0 Å². The number of likely N-dealkylation sites (N-methyl/N-ethyl adjacent to an activating group) is 1. The number of carboxylic acids is 1. The van der Waals surface area contributed by atoms with Gasteiger partial charge in [0.1, 0.15) is 11.8 Å². The minimum atomic E-state index is -1.05. The van der Waals surface area contributed by atoms with Gasteiger partial charge < -0.3 is 15.2 Å². The number of hydrogen-bond acceptors (Lipinski definition) is 4. The van der Waals surface area contributed by atoms with Gasteiger partial charge in [0.15, 0.2) is 0 Å². The van der Waals surface area contributed by atoms with E-state index < -0.39 is 12.0 Å². The second-order valence-corrected chi connectivity index (χ2v) is 4.56. The molecule has 6 heteroatoms. The van der Waals surface area contributed by atoms with Crippen molar-refractivity contribution in [1.29, 1.82) is 0 Å². The predicted molar refractivity (Wildman–Crippen MR) is 74.7 cm³/mol. The van der Waals surface area contributed by atoms with Crippen LogP contribution in [0.1, 0.15) is 18.5 Å². The first-order chi connectivity index (χ1) is 9.49. The minimum Gasteiger partial charge on any atom is -0.497 e. The van der Waals surface area contributed by atoms with Crippen LogP contribution in [-0.2, 0) is 9.59 Å². The molecule has 2 N–H and O–H groups in total. The fourth-order valence-corrected chi connectivity index (χ4v) is 1.87. The van der Waals surface area contributed by atoms with E-state index in [9.17, 15) is 9.59 Å². The lowest BCUT2D eigenvalue weighted by molar-refractivity contribution is -0.141. The molecule has 2 unspecified atom stereocenters. The largest absolute Gasteiger partial charge is 0.497 e. The summed E-state index contributed by atoms with van der Waals surface area (Å²) in [5, 5.41) is 11.3. The summed E-state index contributed by atoms with van der Waals surface area (Å²) >= 11 is 0. The number of carbonyl (C=O) groups is 2. The molecule has 1 rings (SSSR count). The van der Waals surface area contributed by atoms with Crippen molar-refractivity contribution < 1.29 is 19.4 Å². The zero-order chi connectivity index (χ0) is 15.1. The van der Waals surface area contributed by atoms with Crippen LogP contribution in [0.5, 0.6) is 5.75 Å². The lowest BCUT2D eigenvalue weighted by Gasteiger charge is -2.27. The molecule has 0 heterocycles. The molecule has 0 spiro atoms. The van der Waals surface area contributed by atoms with Crippen molar-refractivity contribution in [2.45, 2.75) is 19.0 Å². The molecule has 110 valence electrons. The Morgan fingerprint density at radius 2 is 2.05 bits per heavy atom. The molecule has 20 heavy (non-hydrogen) atoms. The average molecular weight is 280 g/mol. The Balaban J connectivity index is 2.71. The van der Waals surface area contributed by atoms with Gasteiger partial charge in [-0.1, -0.05) is 12.1 Å². The van der Waals surface area contributed by atoms with Gasteiger partial charge in [-0.05, 0) is 31.7 Å². The third-order valence-electron chi connectivity index (χ3n) is 3.30. The van der Waals surface area contributed by atoms with E-state index in [4.69, 9.17) is 9.84 Å². The Bertz CT molecular complexity index is 447. The fraction of sp³-hybridized carbons (Fsp3) is 0.429. The number of carboxylic acid groups (broad SMARTS) is 1. The molecule has 1 aromatic carbocycles. The number of aliphatic carboxylic acids is 1. The number of amides is 1. The maximum atomic E-state index is 11.0. The van der Waals surface area contributed by atoms with Crippen LogP contribution in [0.15, 0.2) is 24.3 Å². The van der Waals surface area contributed by atoms with Crippen molar-refractivity contribution in [2.24, 2.45) is 0 Å². The van der Waals surface area contributed by atoms with Crippen molar-refractivity contribution in [3.8, 4) is 5.75 Å². The van der Waals surface area contributed by atoms with Crippen molar-refractivity contribution in [1.82, 2.24) is 10.2 Å². The van der Waals surface area contributed by atoms with Gasteiger partial charge >= 0.3 is 5.97 Å². The second-order valence-electron chi connectivity index (χ2n) is 4.56. The Hall–Kier alpha value is -2.08. The molecule has 2 atom stereocenters. The number of rotatable bonds is 8. The number of hydrogen-bond donors (Lipinski definition) is 2. The van der Waals surface area contributed by atoms with Crippen LogP contribution >= 0.6 is 0 Å². The van der Waals surface area contributed by atoms with Gasteiger partial charge in [0.05, 0.1) is 7.11 Å². The van der Waals surface area contributed by atoms with Crippen molar-refractivity contribution in [2.75, 3.05) is 20.7 Å². The number of ether oxygens (including phenoxy) is 1. The summed E-state index contributed by atoms with van der Waals surface area (Å²) < 4.78 is 5.10. The summed E-state index contributed by atoms with van der Waals surface area (Å²) in [4.78, 5) is 23.3. The standard InChI is InChI=1S/C14H20N2O4/c1-10(11-4-6-12(20-3)7-5-11)16(2)8-13(14(18)19)15-9-17/h4-7,9-10,13H,8H2,1-3H3,(H,15,17)(H,18,19). The van der Waals surface area contributed by atoms with E-state index in [0.717, 1.165) is 11.3 Å². The van der Waals surface area contributed by atoms with Gasteiger partial charge in [-0.3, -0.25) is 9.69 Å². The Kier molecular flexibility index (Phi) is 5.99. The topological polar surface area (TPSA) is 78.9 Å². The van der Waals surface area contributed by atoms with E-state index in [-0.39, 0.29) is 12.6 Å². The zero-order valence-corrected chi connectivity index (χ0v) is 11.9. The number of nitrogens with zero attached hydrogens (tertiary/aromatic N) is 1. The molecule has 0 aromatic heterocycles. The Labute approximate surface area is 118 Å². The van der Waals surface area contributed by atoms with Crippen LogP contribution < -0.4 is 10.1 Å². The van der Waals surface area contributed by atoms with Crippen LogP contribution in [0.2, 0.25) is 0 Å². The smallest absolute Gasteiger partial charge is 0.327 e. The molecule has 0 aliphatic heterocycles. The highest BCUT2D eigenvalue weighted by molar-refractivity contribution is 5.76. The molecule has 1 aromatic rings. The second kappa shape index (κ2) is 7.49. The fourth-order valence-electron chi connectivity index (χ4n) is 1.87. The normalized spacial score (nSPS) is 13.6. The van der Waals surface area contributed by atoms with E-state index in [2.05, 4.69) is 5.32 Å². The summed E-state index contributed by atoms with van der Waals surface area (Å²) in [6.07, 6.45) is 0.407. The third-order valence-corrected chi connectivity index (χ3v) is 3.30. The van der Waals surface area contributed by atoms with E-state index >= 15 is 0 Å². The molecular formula is C14H20N2O4. The highest BCUT2D eigenvalue weighted by atomic mass is 16.5. The molecule has 0 saturated carbocycles. The highest BCUT2D eigenvalue weighted by Crippen LogP contribution is 2.21. The van der Waals surface area contributed by atoms with Crippen LogP contribution in [0.4, 0.5) is 0 Å². The summed E-state index contributed by atoms with van der Waals surface area (Å²) in [7, 11) is 3.42. The van der Waals surface area contributed by atoms with Gasteiger partial charge in [0.25, 0.3) is 0 Å². The number of benzene rings is 1. The molecule has 0 fully saturated rings. The quantitative estimate of drug-likeness (QED) is 0.691. The van der Waals surface area contributed by atoms with Gasteiger partial charge in [-0.25, -0.2) is 4.79 Å². The molecule has 0 saturated heterocycles. The van der Waals surface area contributed by atoms with Crippen molar-refractivity contribution in [3.05, 3.63) is 29.8 Å². The maximum absolute atomic E-state index is 11.0. The first-order valence-corrected chi connectivity index (χ1v) is 6.26. The lowest BCUT2D eigenvalue weighted by Crippen LogP contribution is -2.45. The molecule has 0 bridgehead atoms. The van der Waals surface area contributed by atoms with Crippen molar-refractivity contribution in [3.63, 3.8) is 0 Å². The molecule has 0 aliphatic rings. The van der Waals surface area contributed by atoms with Gasteiger partial charge in [-0.2, -0.15) is 0 Å². The van der Waals surface area contributed by atoms with E-state index in [1.807, 2.05) is 43.1 Å². The Morgan fingerprint density at radius 3 is 2.50 bits per heavy atom. The maximum Gasteiger partial charge on any atom is 0.327 e. The summed E-state index contributed by atoms with van der Waals surface area (Å²) in [5.74, 6) is -0.277. The molecule has 1 amide bonds. The minimum absolute atomic E-state index is 0.0243. The summed E-state index contributed by atoms with van der Waals surface area (Å²) in [5.41, 5.74) is 1.04. The molecule has 6 nitrogen and oxygen atoms in total. The monoisotopic (exact) mass is 280 g/mol. The predicted octanol–water partition coefficient (Wildman–Crippen LogP) is 0.887. The highest BCUT2D eigenvalue weighted by Gasteiger charge is 2.21. The van der Waals surface area contributed by atoms with Gasteiger partial charge in [0, 0.05) is 12.6 Å². The van der Waals surface area contributed by atoms with Crippen molar-refractivity contribution >= 4 is 12.4 Å². The van der Waals surface area contributed by atoms with E-state index in [1.54, 1.807) is 7.11 Å². The van der Waals surface area contributed by atoms with E-state index in [0.29, 0.717) is 6.41 Å². The first-order valence-electron chi connectivity index (χ1n) is 6.26. The molecule has 0 radical (unpaired) electrons. The zero-order valence-electron chi connectivity index (χ0n) is 11.9. The van der Waals surface area contributed by atoms with Gasteiger partial charge in [0.2, 0.25) is 6.41 Å².